The molecule has 0 spiro atoms. The van der Waals surface area contributed by atoms with E-state index >= 15 is 0 Å². The Morgan fingerprint density at radius 1 is 1.17 bits per heavy atom. The predicted octanol–water partition coefficient (Wildman–Crippen LogP) is 3.59. The summed E-state index contributed by atoms with van der Waals surface area (Å²) in [5.74, 6) is 0. The normalized spacial score (nSPS) is 16.0. The van der Waals surface area contributed by atoms with Crippen LogP contribution in [0.15, 0.2) is 0 Å². The van der Waals surface area contributed by atoms with Crippen molar-refractivity contribution in [3.05, 3.63) is 6.92 Å². The third kappa shape index (κ3) is 4.76. The van der Waals surface area contributed by atoms with E-state index in [0.717, 1.165) is 12.8 Å². The summed E-state index contributed by atoms with van der Waals surface area (Å²) in [6.07, 6.45) is 7.30. The van der Waals surface area contributed by atoms with Crippen LogP contribution in [-0.2, 0) is 4.74 Å². The molecule has 0 amide bonds. The van der Waals surface area contributed by atoms with E-state index in [1.165, 1.54) is 25.7 Å². The van der Waals surface area contributed by atoms with Crippen molar-refractivity contribution in [2.75, 3.05) is 7.11 Å². The van der Waals surface area contributed by atoms with Crippen LogP contribution in [-0.4, -0.2) is 12.7 Å². The van der Waals surface area contributed by atoms with Crippen LogP contribution in [0, 0.1) is 6.92 Å². The summed E-state index contributed by atoms with van der Waals surface area (Å²) in [4.78, 5) is 0. The van der Waals surface area contributed by atoms with Gasteiger partial charge in [0.05, 0.1) is 5.60 Å². The van der Waals surface area contributed by atoms with Crippen molar-refractivity contribution in [1.29, 1.82) is 0 Å². The Morgan fingerprint density at radius 3 is 2.25 bits per heavy atom. The van der Waals surface area contributed by atoms with E-state index in [1.54, 1.807) is 7.11 Å². The van der Waals surface area contributed by atoms with Crippen LogP contribution in [0.2, 0.25) is 0 Å². The molecule has 0 aliphatic heterocycles. The Hall–Kier alpha value is -0.0400. The number of hydrogen-bond acceptors (Lipinski definition) is 1. The maximum absolute atomic E-state index is 5.36. The largest absolute Gasteiger partial charge is 0.378 e. The van der Waals surface area contributed by atoms with Crippen LogP contribution in [0.1, 0.15) is 52.4 Å². The van der Waals surface area contributed by atoms with E-state index < -0.39 is 0 Å². The maximum atomic E-state index is 5.36. The van der Waals surface area contributed by atoms with Crippen molar-refractivity contribution in [3.63, 3.8) is 0 Å². The Morgan fingerprint density at radius 2 is 1.83 bits per heavy atom. The Labute approximate surface area is 77.5 Å². The van der Waals surface area contributed by atoms with E-state index in [0.29, 0.717) is 0 Å². The topological polar surface area (TPSA) is 9.23 Å². The van der Waals surface area contributed by atoms with E-state index in [-0.39, 0.29) is 5.60 Å². The van der Waals surface area contributed by atoms with Gasteiger partial charge in [-0.1, -0.05) is 39.5 Å². The van der Waals surface area contributed by atoms with Gasteiger partial charge in [0.15, 0.2) is 0 Å². The summed E-state index contributed by atoms with van der Waals surface area (Å²) in [6, 6.07) is 0. The maximum Gasteiger partial charge on any atom is 0.0677 e. The highest BCUT2D eigenvalue weighted by atomic mass is 16.5. The molecule has 0 aliphatic rings. The molecule has 0 aromatic rings. The number of ether oxygens (including phenoxy) is 1. The highest BCUT2D eigenvalue weighted by Crippen LogP contribution is 2.21. The van der Waals surface area contributed by atoms with Crippen LogP contribution in [0.25, 0.3) is 0 Å². The molecule has 0 rings (SSSR count). The van der Waals surface area contributed by atoms with E-state index in [4.69, 9.17) is 4.74 Å². The second kappa shape index (κ2) is 6.47. The smallest absolute Gasteiger partial charge is 0.0677 e. The molecule has 0 fully saturated rings. The summed E-state index contributed by atoms with van der Waals surface area (Å²) in [6.45, 7) is 8.45. The number of rotatable bonds is 7. The molecule has 1 radical (unpaired) electrons. The van der Waals surface area contributed by atoms with Crippen molar-refractivity contribution in [2.24, 2.45) is 0 Å². The molecule has 0 saturated carbocycles. The fraction of sp³-hybridized carbons (Fsp3) is 0.909. The molecule has 73 valence electrons. The summed E-state index contributed by atoms with van der Waals surface area (Å²) in [7, 11) is 1.76. The Bertz CT molecular complexity index is 95.2. The highest BCUT2D eigenvalue weighted by molar-refractivity contribution is 4.81. The van der Waals surface area contributed by atoms with Gasteiger partial charge in [0.2, 0.25) is 0 Å². The second-order valence-corrected chi connectivity index (χ2v) is 3.55. The van der Waals surface area contributed by atoms with Crippen molar-refractivity contribution in [3.8, 4) is 0 Å². The Balaban J connectivity index is 3.45. The van der Waals surface area contributed by atoms with E-state index in [1.807, 2.05) is 0 Å². The van der Waals surface area contributed by atoms with E-state index in [9.17, 15) is 0 Å². The second-order valence-electron chi connectivity index (χ2n) is 3.55. The van der Waals surface area contributed by atoms with Crippen LogP contribution < -0.4 is 0 Å². The van der Waals surface area contributed by atoms with Gasteiger partial charge in [0.25, 0.3) is 0 Å². The SMILES string of the molecule is [CH2]C(CC)(CCCCCC)OC. The molecule has 1 nitrogen and oxygen atoms in total. The lowest BCUT2D eigenvalue weighted by molar-refractivity contribution is 0.0170. The molecule has 1 unspecified atom stereocenters. The molecule has 0 aliphatic carbocycles. The van der Waals surface area contributed by atoms with Crippen molar-refractivity contribution >= 4 is 0 Å². The van der Waals surface area contributed by atoms with Crippen LogP contribution in [0.3, 0.4) is 0 Å². The van der Waals surface area contributed by atoms with Crippen molar-refractivity contribution in [2.45, 2.75) is 58.0 Å². The standard InChI is InChI=1S/C11H23O/c1-5-7-8-9-10-11(3,6-2)12-4/h3,5-10H2,1-2,4H3. The average Bonchev–Trinajstić information content (AvgIpc) is 2.12. The predicted molar refractivity (Wildman–Crippen MR) is 54.1 cm³/mol. The van der Waals surface area contributed by atoms with Crippen molar-refractivity contribution < 1.29 is 4.74 Å². The van der Waals surface area contributed by atoms with Gasteiger partial charge in [0, 0.05) is 7.11 Å². The number of hydrogen-bond donors (Lipinski definition) is 0. The van der Waals surface area contributed by atoms with Gasteiger partial charge in [0.1, 0.15) is 0 Å². The molecule has 12 heavy (non-hydrogen) atoms. The molecule has 0 aromatic carbocycles. The summed E-state index contributed by atoms with van der Waals surface area (Å²) >= 11 is 0. The van der Waals surface area contributed by atoms with E-state index in [2.05, 4.69) is 20.8 Å². The summed E-state index contributed by atoms with van der Waals surface area (Å²) < 4.78 is 5.36. The zero-order valence-corrected chi connectivity index (χ0v) is 8.86. The molecule has 0 saturated heterocycles. The van der Waals surface area contributed by atoms with Gasteiger partial charge in [-0.2, -0.15) is 0 Å². The lowest BCUT2D eigenvalue weighted by Crippen LogP contribution is -2.26. The molecule has 1 heteroatoms. The molecule has 0 heterocycles. The van der Waals surface area contributed by atoms with Gasteiger partial charge in [-0.3, -0.25) is 0 Å². The fourth-order valence-corrected chi connectivity index (χ4v) is 1.30. The van der Waals surface area contributed by atoms with Gasteiger partial charge >= 0.3 is 0 Å². The lowest BCUT2D eigenvalue weighted by Gasteiger charge is -2.26. The number of methoxy groups -OCH3 is 1. The minimum Gasteiger partial charge on any atom is -0.378 e. The van der Waals surface area contributed by atoms with Gasteiger partial charge in [-0.05, 0) is 19.8 Å². The molecule has 0 bridgehead atoms. The highest BCUT2D eigenvalue weighted by Gasteiger charge is 2.19. The first kappa shape index (κ1) is 12.0. The third-order valence-electron chi connectivity index (χ3n) is 2.56. The zero-order valence-electron chi connectivity index (χ0n) is 8.86. The van der Waals surface area contributed by atoms with Gasteiger partial charge < -0.3 is 4.74 Å². The fourth-order valence-electron chi connectivity index (χ4n) is 1.30. The first-order valence-electron chi connectivity index (χ1n) is 5.09. The third-order valence-corrected chi connectivity index (χ3v) is 2.56. The monoisotopic (exact) mass is 171 g/mol. The van der Waals surface area contributed by atoms with Gasteiger partial charge in [-0.25, -0.2) is 0 Å². The molecule has 1 atom stereocenters. The quantitative estimate of drug-likeness (QED) is 0.532. The summed E-state index contributed by atoms with van der Waals surface area (Å²) in [5, 5.41) is 0. The summed E-state index contributed by atoms with van der Waals surface area (Å²) in [5.41, 5.74) is -0.117. The molecular weight excluding hydrogens is 148 g/mol. The number of unbranched alkanes of at least 4 members (excludes halogenated alkanes) is 3. The first-order valence-corrected chi connectivity index (χ1v) is 5.09. The molecule has 0 N–H and O–H groups in total. The minimum absolute atomic E-state index is 0.117. The first-order chi connectivity index (χ1) is 5.68. The van der Waals surface area contributed by atoms with Gasteiger partial charge in [-0.15, -0.1) is 0 Å². The molecule has 0 aromatic heterocycles. The lowest BCUT2D eigenvalue weighted by atomic mass is 9.95. The van der Waals surface area contributed by atoms with Crippen LogP contribution in [0.5, 0.6) is 0 Å². The zero-order chi connectivity index (χ0) is 9.45. The minimum atomic E-state index is -0.117. The Kier molecular flexibility index (Phi) is 6.45. The van der Waals surface area contributed by atoms with Crippen LogP contribution >= 0.6 is 0 Å². The molecular formula is C11H23O. The van der Waals surface area contributed by atoms with Crippen LogP contribution in [0.4, 0.5) is 0 Å². The van der Waals surface area contributed by atoms with Crippen molar-refractivity contribution in [1.82, 2.24) is 0 Å². The average molecular weight is 171 g/mol.